The maximum Gasteiger partial charge on any atom is 0.0615 e. The fraction of sp³-hybridized carbons (Fsp3) is 1.00. The van der Waals surface area contributed by atoms with Crippen molar-refractivity contribution in [2.24, 2.45) is 5.92 Å². The summed E-state index contributed by atoms with van der Waals surface area (Å²) in [5, 5.41) is 3.52. The van der Waals surface area contributed by atoms with Crippen molar-refractivity contribution in [1.29, 1.82) is 0 Å². The molecule has 0 amide bonds. The van der Waals surface area contributed by atoms with Gasteiger partial charge in [-0.2, -0.15) is 0 Å². The van der Waals surface area contributed by atoms with E-state index in [1.165, 1.54) is 25.7 Å². The highest BCUT2D eigenvalue weighted by Crippen LogP contribution is 2.08. The molecule has 0 bridgehead atoms. The predicted molar refractivity (Wildman–Crippen MR) is 62.6 cm³/mol. The maximum atomic E-state index is 5.20. The monoisotopic (exact) mass is 201 g/mol. The number of hydrogen-bond donors (Lipinski definition) is 1. The lowest BCUT2D eigenvalue weighted by Crippen LogP contribution is -2.33. The van der Waals surface area contributed by atoms with Gasteiger partial charge in [-0.1, -0.05) is 33.6 Å². The molecule has 0 aromatic rings. The molecule has 0 aliphatic carbocycles. The Kier molecular flexibility index (Phi) is 9.42. The lowest BCUT2D eigenvalue weighted by molar-refractivity contribution is 0.160. The molecule has 0 saturated heterocycles. The Morgan fingerprint density at radius 3 is 2.43 bits per heavy atom. The minimum atomic E-state index is 0.554. The van der Waals surface area contributed by atoms with Crippen molar-refractivity contribution < 1.29 is 4.74 Å². The van der Waals surface area contributed by atoms with Crippen LogP contribution >= 0.6 is 0 Å². The summed E-state index contributed by atoms with van der Waals surface area (Å²) in [5.74, 6) is 0.823. The average molecular weight is 201 g/mol. The highest BCUT2D eigenvalue weighted by Gasteiger charge is 2.06. The van der Waals surface area contributed by atoms with Crippen molar-refractivity contribution in [1.82, 2.24) is 5.32 Å². The third-order valence-electron chi connectivity index (χ3n) is 2.38. The minimum absolute atomic E-state index is 0.554. The molecule has 1 N–H and O–H groups in total. The van der Waals surface area contributed by atoms with Crippen LogP contribution in [0.1, 0.15) is 46.5 Å². The molecule has 0 radical (unpaired) electrons. The number of hydrogen-bond acceptors (Lipinski definition) is 2. The summed E-state index contributed by atoms with van der Waals surface area (Å²) < 4.78 is 5.20. The summed E-state index contributed by atoms with van der Waals surface area (Å²) in [4.78, 5) is 0. The van der Waals surface area contributed by atoms with Crippen LogP contribution in [0, 0.1) is 5.92 Å². The van der Waals surface area contributed by atoms with Gasteiger partial charge in [-0.25, -0.2) is 0 Å². The van der Waals surface area contributed by atoms with Gasteiger partial charge in [0.25, 0.3) is 0 Å². The van der Waals surface area contributed by atoms with Crippen LogP contribution in [0.5, 0.6) is 0 Å². The standard InChI is InChI=1S/C12H27NO/c1-5-9-13-12(10-14-4)8-6-7-11(2)3/h11-13H,5-10H2,1-4H3. The normalized spacial score (nSPS) is 13.5. The molecule has 0 saturated carbocycles. The zero-order chi connectivity index (χ0) is 10.8. The zero-order valence-electron chi connectivity index (χ0n) is 10.3. The summed E-state index contributed by atoms with van der Waals surface area (Å²) in [7, 11) is 1.78. The molecule has 0 fully saturated rings. The number of rotatable bonds is 9. The average Bonchev–Trinajstić information content (AvgIpc) is 2.13. The van der Waals surface area contributed by atoms with E-state index in [1.807, 2.05) is 0 Å². The van der Waals surface area contributed by atoms with Crippen molar-refractivity contribution in [3.8, 4) is 0 Å². The summed E-state index contributed by atoms with van der Waals surface area (Å²) in [5.41, 5.74) is 0. The summed E-state index contributed by atoms with van der Waals surface area (Å²) in [6.45, 7) is 8.72. The Balaban J connectivity index is 3.50. The van der Waals surface area contributed by atoms with E-state index in [2.05, 4.69) is 26.1 Å². The van der Waals surface area contributed by atoms with Gasteiger partial charge in [-0.05, 0) is 25.3 Å². The molecule has 0 heterocycles. The van der Waals surface area contributed by atoms with Gasteiger partial charge in [0.15, 0.2) is 0 Å². The van der Waals surface area contributed by atoms with Gasteiger partial charge in [-0.3, -0.25) is 0 Å². The predicted octanol–water partition coefficient (Wildman–Crippen LogP) is 2.83. The Labute approximate surface area is 89.4 Å². The molecule has 2 heteroatoms. The Bertz CT molecular complexity index is 115. The smallest absolute Gasteiger partial charge is 0.0615 e. The number of methoxy groups -OCH3 is 1. The maximum absolute atomic E-state index is 5.20. The number of ether oxygens (including phenoxy) is 1. The van der Waals surface area contributed by atoms with Crippen molar-refractivity contribution in [2.75, 3.05) is 20.3 Å². The second kappa shape index (κ2) is 9.47. The van der Waals surface area contributed by atoms with E-state index >= 15 is 0 Å². The molecule has 2 nitrogen and oxygen atoms in total. The first-order valence-corrected chi connectivity index (χ1v) is 5.93. The van der Waals surface area contributed by atoms with E-state index in [-0.39, 0.29) is 0 Å². The van der Waals surface area contributed by atoms with Crippen molar-refractivity contribution in [3.63, 3.8) is 0 Å². The van der Waals surface area contributed by atoms with Crippen molar-refractivity contribution in [3.05, 3.63) is 0 Å². The summed E-state index contributed by atoms with van der Waals surface area (Å²) in [6.07, 6.45) is 5.08. The molecule has 14 heavy (non-hydrogen) atoms. The molecule has 0 aliphatic rings. The van der Waals surface area contributed by atoms with Gasteiger partial charge in [0.2, 0.25) is 0 Å². The third kappa shape index (κ3) is 8.52. The number of nitrogens with one attached hydrogen (secondary N) is 1. The van der Waals surface area contributed by atoms with Crippen LogP contribution in [0.3, 0.4) is 0 Å². The Morgan fingerprint density at radius 2 is 1.93 bits per heavy atom. The lowest BCUT2D eigenvalue weighted by Gasteiger charge is -2.17. The first-order chi connectivity index (χ1) is 6.70. The van der Waals surface area contributed by atoms with Gasteiger partial charge in [0.05, 0.1) is 6.61 Å². The van der Waals surface area contributed by atoms with Gasteiger partial charge < -0.3 is 10.1 Å². The molecule has 0 aromatic heterocycles. The van der Waals surface area contributed by atoms with Crippen molar-refractivity contribution in [2.45, 2.75) is 52.5 Å². The second-order valence-electron chi connectivity index (χ2n) is 4.43. The topological polar surface area (TPSA) is 21.3 Å². The van der Waals surface area contributed by atoms with Gasteiger partial charge in [0.1, 0.15) is 0 Å². The summed E-state index contributed by atoms with van der Waals surface area (Å²) in [6, 6.07) is 0.554. The quantitative estimate of drug-likeness (QED) is 0.619. The molecule has 86 valence electrons. The molecule has 1 atom stereocenters. The fourth-order valence-electron chi connectivity index (χ4n) is 1.57. The lowest BCUT2D eigenvalue weighted by atomic mass is 10.0. The molecular formula is C12H27NO. The molecule has 0 spiro atoms. The highest BCUT2D eigenvalue weighted by molar-refractivity contribution is 4.66. The molecule has 0 aromatic carbocycles. The molecule has 0 rings (SSSR count). The van der Waals surface area contributed by atoms with Crippen LogP contribution in [0.2, 0.25) is 0 Å². The van der Waals surface area contributed by atoms with Gasteiger partial charge in [0, 0.05) is 13.2 Å². The zero-order valence-corrected chi connectivity index (χ0v) is 10.3. The van der Waals surface area contributed by atoms with E-state index in [0.29, 0.717) is 6.04 Å². The van der Waals surface area contributed by atoms with E-state index < -0.39 is 0 Å². The van der Waals surface area contributed by atoms with Crippen LogP contribution in [0.15, 0.2) is 0 Å². The SMILES string of the molecule is CCCNC(CCCC(C)C)COC. The molecular weight excluding hydrogens is 174 g/mol. The van der Waals surface area contributed by atoms with E-state index in [0.717, 1.165) is 19.1 Å². The first kappa shape index (κ1) is 13.9. The Hall–Kier alpha value is -0.0800. The fourth-order valence-corrected chi connectivity index (χ4v) is 1.57. The van der Waals surface area contributed by atoms with E-state index in [1.54, 1.807) is 7.11 Å². The highest BCUT2D eigenvalue weighted by atomic mass is 16.5. The van der Waals surface area contributed by atoms with Crippen LogP contribution in [-0.2, 0) is 4.74 Å². The van der Waals surface area contributed by atoms with Crippen LogP contribution in [-0.4, -0.2) is 26.3 Å². The van der Waals surface area contributed by atoms with E-state index in [9.17, 15) is 0 Å². The third-order valence-corrected chi connectivity index (χ3v) is 2.38. The minimum Gasteiger partial charge on any atom is -0.383 e. The van der Waals surface area contributed by atoms with Gasteiger partial charge >= 0.3 is 0 Å². The van der Waals surface area contributed by atoms with Crippen LogP contribution < -0.4 is 5.32 Å². The van der Waals surface area contributed by atoms with E-state index in [4.69, 9.17) is 4.74 Å². The first-order valence-electron chi connectivity index (χ1n) is 5.93. The summed E-state index contributed by atoms with van der Waals surface area (Å²) >= 11 is 0. The van der Waals surface area contributed by atoms with Crippen LogP contribution in [0.25, 0.3) is 0 Å². The molecule has 0 aliphatic heterocycles. The van der Waals surface area contributed by atoms with Crippen LogP contribution in [0.4, 0.5) is 0 Å². The van der Waals surface area contributed by atoms with Crippen molar-refractivity contribution >= 4 is 0 Å². The largest absolute Gasteiger partial charge is 0.383 e. The van der Waals surface area contributed by atoms with Gasteiger partial charge in [-0.15, -0.1) is 0 Å². The molecule has 1 unspecified atom stereocenters. The Morgan fingerprint density at radius 1 is 1.21 bits per heavy atom. The second-order valence-corrected chi connectivity index (χ2v) is 4.43.